The van der Waals surface area contributed by atoms with Gasteiger partial charge in [-0.15, -0.1) is 6.58 Å². The molecule has 0 aliphatic heterocycles. The number of nitrogens with zero attached hydrogens (tertiary/aromatic N) is 2. The molecule has 1 heterocycles. The van der Waals surface area contributed by atoms with Gasteiger partial charge in [0, 0.05) is 6.20 Å². The van der Waals surface area contributed by atoms with Crippen LogP contribution in [0.3, 0.4) is 0 Å². The maximum atomic E-state index is 8.62. The topological polar surface area (TPSA) is 38.0 Å². The van der Waals surface area contributed by atoms with Gasteiger partial charge in [0.25, 0.3) is 0 Å². The number of hydrogen-bond acceptors (Lipinski definition) is 2. The van der Waals surface area contributed by atoms with Crippen molar-refractivity contribution in [2.45, 2.75) is 13.2 Å². The van der Waals surface area contributed by atoms with Gasteiger partial charge in [0.05, 0.1) is 18.8 Å². The summed E-state index contributed by atoms with van der Waals surface area (Å²) < 4.78 is 1.72. The monoisotopic (exact) mass is 138 g/mol. The van der Waals surface area contributed by atoms with Gasteiger partial charge in [0.15, 0.2) is 0 Å². The lowest BCUT2D eigenvalue weighted by atomic mass is 10.5. The molecule has 0 spiro atoms. The van der Waals surface area contributed by atoms with Crippen molar-refractivity contribution in [3.8, 4) is 0 Å². The van der Waals surface area contributed by atoms with E-state index in [-0.39, 0.29) is 6.61 Å². The summed E-state index contributed by atoms with van der Waals surface area (Å²) in [7, 11) is 0. The molecule has 1 N–H and O–H groups in total. The van der Waals surface area contributed by atoms with Gasteiger partial charge in [-0.2, -0.15) is 5.10 Å². The molecule has 1 rings (SSSR count). The Balaban J connectivity index is 2.67. The first kappa shape index (κ1) is 7.02. The Kier molecular flexibility index (Phi) is 2.23. The molecule has 0 aromatic carbocycles. The molecule has 0 bridgehead atoms. The average molecular weight is 138 g/mol. The average Bonchev–Trinajstić information content (AvgIpc) is 2.37. The highest BCUT2D eigenvalue weighted by Crippen LogP contribution is 1.94. The number of aliphatic hydroxyl groups is 1. The minimum atomic E-state index is 0.00411. The first-order valence-corrected chi connectivity index (χ1v) is 3.11. The van der Waals surface area contributed by atoms with E-state index in [0.29, 0.717) is 12.2 Å². The van der Waals surface area contributed by atoms with E-state index in [4.69, 9.17) is 5.11 Å². The first-order valence-electron chi connectivity index (χ1n) is 3.11. The molecule has 3 heteroatoms. The quantitative estimate of drug-likeness (QED) is 0.620. The largest absolute Gasteiger partial charge is 0.390 e. The molecule has 0 fully saturated rings. The van der Waals surface area contributed by atoms with Crippen LogP contribution in [-0.4, -0.2) is 14.9 Å². The van der Waals surface area contributed by atoms with E-state index in [1.807, 2.05) is 6.20 Å². The van der Waals surface area contributed by atoms with Crippen LogP contribution in [0.15, 0.2) is 24.9 Å². The SMILES string of the molecule is C=CCn1ccc(CO)n1. The van der Waals surface area contributed by atoms with Gasteiger partial charge in [-0.3, -0.25) is 4.68 Å². The third-order valence-corrected chi connectivity index (χ3v) is 1.17. The normalized spacial score (nSPS) is 9.70. The van der Waals surface area contributed by atoms with Crippen molar-refractivity contribution in [2.75, 3.05) is 0 Å². The first-order chi connectivity index (χ1) is 4.86. The molecule has 10 heavy (non-hydrogen) atoms. The second-order valence-electron chi connectivity index (χ2n) is 1.98. The highest BCUT2D eigenvalue weighted by atomic mass is 16.3. The summed E-state index contributed by atoms with van der Waals surface area (Å²) in [5.41, 5.74) is 0.696. The van der Waals surface area contributed by atoms with Crippen molar-refractivity contribution in [3.63, 3.8) is 0 Å². The minimum absolute atomic E-state index is 0.00411. The summed E-state index contributed by atoms with van der Waals surface area (Å²) in [5, 5.41) is 12.6. The van der Waals surface area contributed by atoms with Crippen molar-refractivity contribution in [3.05, 3.63) is 30.6 Å². The minimum Gasteiger partial charge on any atom is -0.390 e. The maximum Gasteiger partial charge on any atom is 0.0879 e. The molecular formula is C7H10N2O. The number of aliphatic hydroxyl groups excluding tert-OH is 1. The van der Waals surface area contributed by atoms with E-state index in [0.717, 1.165) is 0 Å². The van der Waals surface area contributed by atoms with Crippen LogP contribution in [0.1, 0.15) is 5.69 Å². The predicted octanol–water partition coefficient (Wildman–Crippen LogP) is 0.561. The Hall–Kier alpha value is -1.09. The Morgan fingerprint density at radius 1 is 1.80 bits per heavy atom. The van der Waals surface area contributed by atoms with Gasteiger partial charge in [-0.25, -0.2) is 0 Å². The summed E-state index contributed by atoms with van der Waals surface area (Å²) in [6, 6.07) is 1.78. The van der Waals surface area contributed by atoms with Crippen LogP contribution in [0, 0.1) is 0 Å². The van der Waals surface area contributed by atoms with Crippen LogP contribution in [0.25, 0.3) is 0 Å². The number of hydrogen-bond donors (Lipinski definition) is 1. The molecule has 0 unspecified atom stereocenters. The number of allylic oxidation sites excluding steroid dienone is 1. The van der Waals surface area contributed by atoms with Crippen LogP contribution in [0.2, 0.25) is 0 Å². The molecule has 0 radical (unpaired) electrons. The van der Waals surface area contributed by atoms with Gasteiger partial charge in [-0.1, -0.05) is 6.08 Å². The van der Waals surface area contributed by atoms with Crippen molar-refractivity contribution in [1.82, 2.24) is 9.78 Å². The summed E-state index contributed by atoms with van der Waals surface area (Å²) in [6.07, 6.45) is 3.57. The van der Waals surface area contributed by atoms with Gasteiger partial charge >= 0.3 is 0 Å². The Morgan fingerprint density at radius 3 is 3.10 bits per heavy atom. The van der Waals surface area contributed by atoms with Gasteiger partial charge in [0.1, 0.15) is 0 Å². The van der Waals surface area contributed by atoms with Gasteiger partial charge < -0.3 is 5.11 Å². The van der Waals surface area contributed by atoms with Crippen molar-refractivity contribution >= 4 is 0 Å². The lowest BCUT2D eigenvalue weighted by molar-refractivity contribution is 0.275. The van der Waals surface area contributed by atoms with E-state index >= 15 is 0 Å². The molecule has 1 aromatic heterocycles. The predicted molar refractivity (Wildman–Crippen MR) is 38.3 cm³/mol. The van der Waals surface area contributed by atoms with Gasteiger partial charge in [-0.05, 0) is 6.07 Å². The molecular weight excluding hydrogens is 128 g/mol. The standard InChI is InChI=1S/C7H10N2O/c1-2-4-9-5-3-7(6-10)8-9/h2-3,5,10H,1,4,6H2. The molecule has 54 valence electrons. The highest BCUT2D eigenvalue weighted by Gasteiger charge is 1.92. The second kappa shape index (κ2) is 3.17. The number of rotatable bonds is 3. The summed E-state index contributed by atoms with van der Waals surface area (Å²) in [5.74, 6) is 0. The van der Waals surface area contributed by atoms with E-state index < -0.39 is 0 Å². The highest BCUT2D eigenvalue weighted by molar-refractivity contribution is 4.97. The lowest BCUT2D eigenvalue weighted by Crippen LogP contribution is -1.96. The van der Waals surface area contributed by atoms with Crippen molar-refractivity contribution in [2.24, 2.45) is 0 Å². The Morgan fingerprint density at radius 2 is 2.60 bits per heavy atom. The van der Waals surface area contributed by atoms with E-state index in [1.54, 1.807) is 16.8 Å². The summed E-state index contributed by atoms with van der Waals surface area (Å²) >= 11 is 0. The lowest BCUT2D eigenvalue weighted by Gasteiger charge is -1.91. The van der Waals surface area contributed by atoms with E-state index in [2.05, 4.69) is 11.7 Å². The zero-order valence-corrected chi connectivity index (χ0v) is 5.70. The van der Waals surface area contributed by atoms with Crippen molar-refractivity contribution in [1.29, 1.82) is 0 Å². The molecule has 0 atom stereocenters. The fourth-order valence-electron chi connectivity index (χ4n) is 0.722. The molecule has 0 saturated heterocycles. The van der Waals surface area contributed by atoms with Gasteiger partial charge in [0.2, 0.25) is 0 Å². The van der Waals surface area contributed by atoms with E-state index in [1.165, 1.54) is 0 Å². The maximum absolute atomic E-state index is 8.62. The third kappa shape index (κ3) is 1.45. The molecule has 0 aliphatic rings. The Labute approximate surface area is 59.6 Å². The molecule has 0 aliphatic carbocycles. The molecule has 0 amide bonds. The summed E-state index contributed by atoms with van der Waals surface area (Å²) in [4.78, 5) is 0. The van der Waals surface area contributed by atoms with Crippen LogP contribution >= 0.6 is 0 Å². The second-order valence-corrected chi connectivity index (χ2v) is 1.98. The van der Waals surface area contributed by atoms with Crippen LogP contribution in [0.5, 0.6) is 0 Å². The van der Waals surface area contributed by atoms with Crippen LogP contribution in [0.4, 0.5) is 0 Å². The molecule has 1 aromatic rings. The van der Waals surface area contributed by atoms with Crippen LogP contribution < -0.4 is 0 Å². The smallest absolute Gasteiger partial charge is 0.0879 e. The fourth-order valence-corrected chi connectivity index (χ4v) is 0.722. The molecule has 3 nitrogen and oxygen atoms in total. The Bertz CT molecular complexity index is 217. The zero-order chi connectivity index (χ0) is 7.40. The van der Waals surface area contributed by atoms with Crippen molar-refractivity contribution < 1.29 is 5.11 Å². The molecule has 0 saturated carbocycles. The van der Waals surface area contributed by atoms with Crippen LogP contribution in [-0.2, 0) is 13.2 Å². The number of aromatic nitrogens is 2. The summed E-state index contributed by atoms with van der Waals surface area (Å²) in [6.45, 7) is 4.27. The third-order valence-electron chi connectivity index (χ3n) is 1.17. The zero-order valence-electron chi connectivity index (χ0n) is 5.70. The van der Waals surface area contributed by atoms with E-state index in [9.17, 15) is 0 Å². The fraction of sp³-hybridized carbons (Fsp3) is 0.286.